The molecular formula is C16H23NO. The molecule has 98 valence electrons. The van der Waals surface area contributed by atoms with Crippen LogP contribution in [0.2, 0.25) is 0 Å². The molecule has 0 amide bonds. The first kappa shape index (κ1) is 12.2. The number of ether oxygens (including phenoxy) is 1. The zero-order chi connectivity index (χ0) is 12.2. The van der Waals surface area contributed by atoms with Crippen molar-refractivity contribution in [2.45, 2.75) is 38.2 Å². The van der Waals surface area contributed by atoms with E-state index < -0.39 is 0 Å². The summed E-state index contributed by atoms with van der Waals surface area (Å²) in [5, 5.41) is 3.50. The van der Waals surface area contributed by atoms with Crippen LogP contribution in [0.4, 0.5) is 0 Å². The van der Waals surface area contributed by atoms with Gasteiger partial charge in [-0.25, -0.2) is 0 Å². The molecule has 2 unspecified atom stereocenters. The van der Waals surface area contributed by atoms with Crippen molar-refractivity contribution in [3.05, 3.63) is 35.4 Å². The van der Waals surface area contributed by atoms with Gasteiger partial charge >= 0.3 is 0 Å². The molecule has 2 aliphatic heterocycles. The lowest BCUT2D eigenvalue weighted by Crippen LogP contribution is -2.30. The fourth-order valence-corrected chi connectivity index (χ4v) is 3.27. The summed E-state index contributed by atoms with van der Waals surface area (Å²) in [5.74, 6) is 0.858. The first-order valence-electron chi connectivity index (χ1n) is 7.33. The Morgan fingerprint density at radius 2 is 2.17 bits per heavy atom. The maximum Gasteiger partial charge on any atom is 0.0827 e. The van der Waals surface area contributed by atoms with Crippen molar-refractivity contribution < 1.29 is 4.74 Å². The van der Waals surface area contributed by atoms with E-state index in [2.05, 4.69) is 29.6 Å². The fraction of sp³-hybridized carbons (Fsp3) is 0.625. The Morgan fingerprint density at radius 1 is 1.22 bits per heavy atom. The van der Waals surface area contributed by atoms with Crippen LogP contribution in [0.3, 0.4) is 0 Å². The standard InChI is InChI=1S/C16H23NO/c1-2-6-15-14(5-1)9-11-18-16(15)8-7-13-4-3-10-17-12-13/h1-2,5-6,13,16-17H,3-4,7-12H2. The minimum atomic E-state index is 0.344. The van der Waals surface area contributed by atoms with E-state index in [0.717, 1.165) is 18.9 Å². The number of piperidine rings is 1. The van der Waals surface area contributed by atoms with Gasteiger partial charge < -0.3 is 10.1 Å². The Bertz CT molecular complexity index is 384. The topological polar surface area (TPSA) is 21.3 Å². The molecular weight excluding hydrogens is 222 g/mol. The quantitative estimate of drug-likeness (QED) is 0.883. The molecule has 1 aromatic carbocycles. The highest BCUT2D eigenvalue weighted by atomic mass is 16.5. The molecule has 2 heterocycles. The van der Waals surface area contributed by atoms with Gasteiger partial charge in [-0.15, -0.1) is 0 Å². The van der Waals surface area contributed by atoms with Gasteiger partial charge in [0.15, 0.2) is 0 Å². The predicted molar refractivity (Wildman–Crippen MR) is 73.7 cm³/mol. The molecule has 0 spiro atoms. The SMILES string of the molecule is c1ccc2c(c1)CCOC2CCC1CCCNC1. The molecule has 1 N–H and O–H groups in total. The number of hydrogen-bond donors (Lipinski definition) is 1. The van der Waals surface area contributed by atoms with Crippen LogP contribution in [-0.2, 0) is 11.2 Å². The van der Waals surface area contributed by atoms with Crippen LogP contribution >= 0.6 is 0 Å². The highest BCUT2D eigenvalue weighted by molar-refractivity contribution is 5.30. The molecule has 1 fully saturated rings. The number of fused-ring (bicyclic) bond motifs is 1. The lowest BCUT2D eigenvalue weighted by molar-refractivity contribution is 0.0315. The Kier molecular flexibility index (Phi) is 3.96. The Morgan fingerprint density at radius 3 is 3.06 bits per heavy atom. The molecule has 0 bridgehead atoms. The van der Waals surface area contributed by atoms with Crippen molar-refractivity contribution in [3.63, 3.8) is 0 Å². The van der Waals surface area contributed by atoms with E-state index in [0.29, 0.717) is 6.10 Å². The molecule has 1 saturated heterocycles. The molecule has 2 heteroatoms. The highest BCUT2D eigenvalue weighted by Crippen LogP contribution is 2.32. The molecule has 0 radical (unpaired) electrons. The maximum absolute atomic E-state index is 5.98. The van der Waals surface area contributed by atoms with Crippen molar-refractivity contribution in [2.24, 2.45) is 5.92 Å². The van der Waals surface area contributed by atoms with Crippen LogP contribution in [-0.4, -0.2) is 19.7 Å². The van der Waals surface area contributed by atoms with E-state index in [9.17, 15) is 0 Å². The summed E-state index contributed by atoms with van der Waals surface area (Å²) in [6.07, 6.45) is 6.64. The van der Waals surface area contributed by atoms with E-state index >= 15 is 0 Å². The molecule has 3 rings (SSSR count). The molecule has 0 aliphatic carbocycles. The van der Waals surface area contributed by atoms with Crippen LogP contribution in [0.5, 0.6) is 0 Å². The lowest BCUT2D eigenvalue weighted by Gasteiger charge is -2.29. The Hall–Kier alpha value is -0.860. The van der Waals surface area contributed by atoms with Crippen LogP contribution in [0.15, 0.2) is 24.3 Å². The first-order valence-corrected chi connectivity index (χ1v) is 7.33. The van der Waals surface area contributed by atoms with Gasteiger partial charge in [0.25, 0.3) is 0 Å². The van der Waals surface area contributed by atoms with Crippen molar-refractivity contribution in [1.29, 1.82) is 0 Å². The van der Waals surface area contributed by atoms with Gasteiger partial charge in [-0.05, 0) is 62.2 Å². The number of nitrogens with one attached hydrogen (secondary N) is 1. The normalized spacial score (nSPS) is 27.8. The zero-order valence-corrected chi connectivity index (χ0v) is 11.0. The minimum Gasteiger partial charge on any atom is -0.373 e. The summed E-state index contributed by atoms with van der Waals surface area (Å²) in [6.45, 7) is 3.30. The second-order valence-corrected chi connectivity index (χ2v) is 5.60. The third-order valence-corrected chi connectivity index (χ3v) is 4.33. The third kappa shape index (κ3) is 2.76. The van der Waals surface area contributed by atoms with Crippen molar-refractivity contribution in [3.8, 4) is 0 Å². The van der Waals surface area contributed by atoms with Gasteiger partial charge in [0.05, 0.1) is 12.7 Å². The molecule has 18 heavy (non-hydrogen) atoms. The zero-order valence-electron chi connectivity index (χ0n) is 11.0. The largest absolute Gasteiger partial charge is 0.373 e. The summed E-state index contributed by atoms with van der Waals surface area (Å²) in [6, 6.07) is 8.79. The van der Waals surface area contributed by atoms with Gasteiger partial charge in [-0.2, -0.15) is 0 Å². The van der Waals surface area contributed by atoms with Crippen molar-refractivity contribution in [1.82, 2.24) is 5.32 Å². The van der Waals surface area contributed by atoms with Crippen LogP contribution in [0.1, 0.15) is 42.9 Å². The van der Waals surface area contributed by atoms with Crippen LogP contribution in [0.25, 0.3) is 0 Å². The molecule has 2 aliphatic rings. The van der Waals surface area contributed by atoms with Crippen molar-refractivity contribution in [2.75, 3.05) is 19.7 Å². The molecule has 2 atom stereocenters. The molecule has 2 nitrogen and oxygen atoms in total. The first-order chi connectivity index (χ1) is 8.93. The van der Waals surface area contributed by atoms with Gasteiger partial charge in [0.2, 0.25) is 0 Å². The Labute approximate surface area is 110 Å². The van der Waals surface area contributed by atoms with E-state index in [1.165, 1.54) is 49.9 Å². The number of rotatable bonds is 3. The predicted octanol–water partition coefficient (Wildman–Crippen LogP) is 3.08. The van der Waals surface area contributed by atoms with Crippen LogP contribution in [0, 0.1) is 5.92 Å². The summed E-state index contributed by atoms with van der Waals surface area (Å²) >= 11 is 0. The number of benzene rings is 1. The lowest BCUT2D eigenvalue weighted by atomic mass is 9.89. The van der Waals surface area contributed by atoms with E-state index in [-0.39, 0.29) is 0 Å². The summed E-state index contributed by atoms with van der Waals surface area (Å²) in [5.41, 5.74) is 2.93. The maximum atomic E-state index is 5.98. The summed E-state index contributed by atoms with van der Waals surface area (Å²) in [7, 11) is 0. The van der Waals surface area contributed by atoms with Crippen molar-refractivity contribution >= 4 is 0 Å². The van der Waals surface area contributed by atoms with E-state index in [4.69, 9.17) is 4.74 Å². The van der Waals surface area contributed by atoms with Gasteiger partial charge in [0, 0.05) is 0 Å². The Balaban J connectivity index is 1.60. The van der Waals surface area contributed by atoms with Crippen LogP contribution < -0.4 is 5.32 Å². The third-order valence-electron chi connectivity index (χ3n) is 4.33. The smallest absolute Gasteiger partial charge is 0.0827 e. The summed E-state index contributed by atoms with van der Waals surface area (Å²) < 4.78 is 5.98. The second-order valence-electron chi connectivity index (χ2n) is 5.60. The number of hydrogen-bond acceptors (Lipinski definition) is 2. The average molecular weight is 245 g/mol. The average Bonchev–Trinajstić information content (AvgIpc) is 2.46. The van der Waals surface area contributed by atoms with Gasteiger partial charge in [-0.1, -0.05) is 24.3 Å². The van der Waals surface area contributed by atoms with Gasteiger partial charge in [-0.3, -0.25) is 0 Å². The second kappa shape index (κ2) is 5.85. The molecule has 1 aromatic rings. The highest BCUT2D eigenvalue weighted by Gasteiger charge is 2.22. The molecule has 0 aromatic heterocycles. The van der Waals surface area contributed by atoms with Gasteiger partial charge in [0.1, 0.15) is 0 Å². The summed E-state index contributed by atoms with van der Waals surface area (Å²) in [4.78, 5) is 0. The molecule has 0 saturated carbocycles. The minimum absolute atomic E-state index is 0.344. The monoisotopic (exact) mass is 245 g/mol. The van der Waals surface area contributed by atoms with E-state index in [1.54, 1.807) is 0 Å². The van der Waals surface area contributed by atoms with E-state index in [1.807, 2.05) is 0 Å². The fourth-order valence-electron chi connectivity index (χ4n) is 3.27.